The Kier molecular flexibility index (Phi) is 4.02. The summed E-state index contributed by atoms with van der Waals surface area (Å²) in [6.45, 7) is 0. The SMILES string of the molecule is COc1ccc(/C=N/c2ccc(Br)cc2)c2ccccc12. The Hall–Kier alpha value is -2.13. The third-order valence-electron chi connectivity index (χ3n) is 3.32. The molecule has 3 aromatic rings. The molecule has 0 aliphatic carbocycles. The lowest BCUT2D eigenvalue weighted by Gasteiger charge is -2.07. The zero-order chi connectivity index (χ0) is 14.7. The van der Waals surface area contributed by atoms with Gasteiger partial charge in [0.2, 0.25) is 0 Å². The molecule has 0 spiro atoms. The molecule has 0 aliphatic heterocycles. The van der Waals surface area contributed by atoms with Gasteiger partial charge in [-0.2, -0.15) is 0 Å². The van der Waals surface area contributed by atoms with Gasteiger partial charge in [0.1, 0.15) is 5.75 Å². The molecule has 0 saturated heterocycles. The minimum atomic E-state index is 0.881. The minimum absolute atomic E-state index is 0.881. The molecule has 3 aromatic carbocycles. The van der Waals surface area contributed by atoms with Crippen molar-refractivity contribution in [3.05, 3.63) is 70.7 Å². The van der Waals surface area contributed by atoms with Crippen LogP contribution in [0.5, 0.6) is 5.75 Å². The van der Waals surface area contributed by atoms with Crippen LogP contribution in [0.4, 0.5) is 5.69 Å². The second-order valence-corrected chi connectivity index (χ2v) is 5.55. The average molecular weight is 340 g/mol. The van der Waals surface area contributed by atoms with Crippen molar-refractivity contribution in [2.45, 2.75) is 0 Å². The van der Waals surface area contributed by atoms with Crippen molar-refractivity contribution in [2.24, 2.45) is 4.99 Å². The number of halogens is 1. The maximum absolute atomic E-state index is 5.41. The molecule has 0 fully saturated rings. The van der Waals surface area contributed by atoms with E-state index >= 15 is 0 Å². The molecular formula is C18H14BrNO. The highest BCUT2D eigenvalue weighted by Crippen LogP contribution is 2.28. The lowest BCUT2D eigenvalue weighted by molar-refractivity contribution is 0.420. The quantitative estimate of drug-likeness (QED) is 0.588. The number of methoxy groups -OCH3 is 1. The Morgan fingerprint density at radius 2 is 1.62 bits per heavy atom. The number of benzene rings is 3. The van der Waals surface area contributed by atoms with Crippen LogP contribution in [0.25, 0.3) is 10.8 Å². The van der Waals surface area contributed by atoms with Gasteiger partial charge in [-0.25, -0.2) is 0 Å². The second-order valence-electron chi connectivity index (χ2n) is 4.64. The van der Waals surface area contributed by atoms with Gasteiger partial charge in [-0.1, -0.05) is 40.2 Å². The van der Waals surface area contributed by atoms with E-state index in [1.807, 2.05) is 54.7 Å². The molecule has 0 amide bonds. The van der Waals surface area contributed by atoms with Crippen LogP contribution >= 0.6 is 15.9 Å². The first-order valence-electron chi connectivity index (χ1n) is 6.63. The van der Waals surface area contributed by atoms with Gasteiger partial charge in [-0.15, -0.1) is 0 Å². The molecule has 0 aromatic heterocycles. The van der Waals surface area contributed by atoms with Crippen LogP contribution in [0.15, 0.2) is 70.1 Å². The highest BCUT2D eigenvalue weighted by atomic mass is 79.9. The van der Waals surface area contributed by atoms with Gasteiger partial charge in [-0.3, -0.25) is 4.99 Å². The van der Waals surface area contributed by atoms with E-state index in [1.54, 1.807) is 7.11 Å². The first-order valence-corrected chi connectivity index (χ1v) is 7.42. The monoisotopic (exact) mass is 339 g/mol. The summed E-state index contributed by atoms with van der Waals surface area (Å²) < 4.78 is 6.46. The van der Waals surface area contributed by atoms with Crippen molar-refractivity contribution < 1.29 is 4.74 Å². The fourth-order valence-electron chi connectivity index (χ4n) is 2.26. The summed E-state index contributed by atoms with van der Waals surface area (Å²) in [4.78, 5) is 4.54. The molecule has 104 valence electrons. The first-order chi connectivity index (χ1) is 10.3. The first kappa shape index (κ1) is 13.8. The zero-order valence-electron chi connectivity index (χ0n) is 11.6. The van der Waals surface area contributed by atoms with E-state index in [9.17, 15) is 0 Å². The molecule has 2 nitrogen and oxygen atoms in total. The summed E-state index contributed by atoms with van der Waals surface area (Å²) in [6.07, 6.45) is 1.89. The van der Waals surface area contributed by atoms with Crippen molar-refractivity contribution in [1.29, 1.82) is 0 Å². The van der Waals surface area contributed by atoms with Crippen molar-refractivity contribution in [3.8, 4) is 5.75 Å². The van der Waals surface area contributed by atoms with Gasteiger partial charge in [0, 0.05) is 21.6 Å². The number of aliphatic imine (C=N–C) groups is 1. The molecule has 0 unspecified atom stereocenters. The lowest BCUT2D eigenvalue weighted by Crippen LogP contribution is -1.89. The predicted octanol–water partition coefficient (Wildman–Crippen LogP) is 5.36. The van der Waals surface area contributed by atoms with Gasteiger partial charge in [0.25, 0.3) is 0 Å². The van der Waals surface area contributed by atoms with Gasteiger partial charge >= 0.3 is 0 Å². The molecule has 3 rings (SSSR count). The number of ether oxygens (including phenoxy) is 1. The van der Waals surface area contributed by atoms with Gasteiger partial charge in [-0.05, 0) is 41.8 Å². The van der Waals surface area contributed by atoms with E-state index < -0.39 is 0 Å². The van der Waals surface area contributed by atoms with E-state index in [1.165, 1.54) is 0 Å². The van der Waals surface area contributed by atoms with Crippen molar-refractivity contribution in [2.75, 3.05) is 7.11 Å². The van der Waals surface area contributed by atoms with Crippen LogP contribution < -0.4 is 4.74 Å². The maximum Gasteiger partial charge on any atom is 0.126 e. The fraction of sp³-hybridized carbons (Fsp3) is 0.0556. The van der Waals surface area contributed by atoms with Gasteiger partial charge in [0.05, 0.1) is 12.8 Å². The van der Waals surface area contributed by atoms with Crippen LogP contribution in [-0.4, -0.2) is 13.3 Å². The summed E-state index contributed by atoms with van der Waals surface area (Å²) in [6, 6.07) is 20.1. The summed E-state index contributed by atoms with van der Waals surface area (Å²) in [7, 11) is 1.69. The van der Waals surface area contributed by atoms with Crippen molar-refractivity contribution >= 4 is 38.6 Å². The van der Waals surface area contributed by atoms with E-state index in [0.29, 0.717) is 0 Å². The molecule has 21 heavy (non-hydrogen) atoms. The Bertz CT molecular complexity index is 794. The average Bonchev–Trinajstić information content (AvgIpc) is 2.54. The molecule has 0 atom stereocenters. The number of hydrogen-bond donors (Lipinski definition) is 0. The Morgan fingerprint density at radius 1 is 0.905 bits per heavy atom. The van der Waals surface area contributed by atoms with Crippen LogP contribution in [0.1, 0.15) is 5.56 Å². The number of rotatable bonds is 3. The third kappa shape index (κ3) is 2.98. The standard InChI is InChI=1S/C18H14BrNO/c1-21-18-11-6-13(16-4-2-3-5-17(16)18)12-20-15-9-7-14(19)8-10-15/h2-12H,1H3/b20-12+. The van der Waals surface area contributed by atoms with Crippen LogP contribution in [0.2, 0.25) is 0 Å². The fourth-order valence-corrected chi connectivity index (χ4v) is 2.52. The Morgan fingerprint density at radius 3 is 2.33 bits per heavy atom. The van der Waals surface area contributed by atoms with Gasteiger partial charge in [0.15, 0.2) is 0 Å². The smallest absolute Gasteiger partial charge is 0.126 e. The van der Waals surface area contributed by atoms with E-state index in [0.717, 1.165) is 32.2 Å². The summed E-state index contributed by atoms with van der Waals surface area (Å²) in [5.74, 6) is 0.881. The summed E-state index contributed by atoms with van der Waals surface area (Å²) >= 11 is 3.42. The van der Waals surface area contributed by atoms with Crippen LogP contribution in [0.3, 0.4) is 0 Å². The second kappa shape index (κ2) is 6.10. The Labute approximate surface area is 132 Å². The molecule has 0 bridgehead atoms. The number of fused-ring (bicyclic) bond motifs is 1. The topological polar surface area (TPSA) is 21.6 Å². The largest absolute Gasteiger partial charge is 0.496 e. The predicted molar refractivity (Wildman–Crippen MR) is 91.9 cm³/mol. The molecule has 0 heterocycles. The minimum Gasteiger partial charge on any atom is -0.496 e. The molecular weight excluding hydrogens is 326 g/mol. The van der Waals surface area contributed by atoms with Crippen molar-refractivity contribution in [3.63, 3.8) is 0 Å². The van der Waals surface area contributed by atoms with E-state index in [-0.39, 0.29) is 0 Å². The molecule has 0 radical (unpaired) electrons. The normalized spacial score (nSPS) is 11.1. The zero-order valence-corrected chi connectivity index (χ0v) is 13.2. The van der Waals surface area contributed by atoms with Crippen LogP contribution in [-0.2, 0) is 0 Å². The highest BCUT2D eigenvalue weighted by Gasteiger charge is 2.04. The molecule has 0 saturated carbocycles. The number of nitrogens with zero attached hydrogens (tertiary/aromatic N) is 1. The number of hydrogen-bond acceptors (Lipinski definition) is 2. The molecule has 3 heteroatoms. The maximum atomic E-state index is 5.41. The molecule has 0 N–H and O–H groups in total. The van der Waals surface area contributed by atoms with Gasteiger partial charge < -0.3 is 4.74 Å². The van der Waals surface area contributed by atoms with Crippen LogP contribution in [0, 0.1) is 0 Å². The Balaban J connectivity index is 2.03. The van der Waals surface area contributed by atoms with E-state index in [4.69, 9.17) is 4.74 Å². The highest BCUT2D eigenvalue weighted by molar-refractivity contribution is 9.10. The molecule has 0 aliphatic rings. The lowest BCUT2D eigenvalue weighted by atomic mass is 10.0. The summed E-state index contributed by atoms with van der Waals surface area (Å²) in [5.41, 5.74) is 2.01. The van der Waals surface area contributed by atoms with Crippen molar-refractivity contribution in [1.82, 2.24) is 0 Å². The van der Waals surface area contributed by atoms with E-state index in [2.05, 4.69) is 33.1 Å². The summed E-state index contributed by atoms with van der Waals surface area (Å²) in [5, 5.41) is 2.23. The third-order valence-corrected chi connectivity index (χ3v) is 3.85.